The van der Waals surface area contributed by atoms with E-state index in [1.807, 2.05) is 6.20 Å². The summed E-state index contributed by atoms with van der Waals surface area (Å²) in [6, 6.07) is 0. The van der Waals surface area contributed by atoms with Gasteiger partial charge in [-0.3, -0.25) is 0 Å². The van der Waals surface area contributed by atoms with E-state index in [-0.39, 0.29) is 0 Å². The van der Waals surface area contributed by atoms with Crippen molar-refractivity contribution < 1.29 is 0 Å². The maximum absolute atomic E-state index is 3.44. The minimum atomic E-state index is 0.453. The fourth-order valence-corrected chi connectivity index (χ4v) is 1.49. The van der Waals surface area contributed by atoms with Crippen LogP contribution < -0.4 is 5.32 Å². The van der Waals surface area contributed by atoms with Crippen LogP contribution in [0.3, 0.4) is 0 Å². The van der Waals surface area contributed by atoms with Crippen LogP contribution in [0.25, 0.3) is 0 Å². The molecule has 1 heterocycles. The topological polar surface area (TPSA) is 15.3 Å². The Balaban J connectivity index is 2.56. The third-order valence-electron chi connectivity index (χ3n) is 1.76. The Hall–Kier alpha value is -0.180. The monoisotopic (exact) mass is 204 g/mol. The van der Waals surface area contributed by atoms with Crippen molar-refractivity contribution in [2.75, 3.05) is 7.05 Å². The Morgan fingerprint density at radius 1 is 1.70 bits per heavy atom. The molecule has 10 heavy (non-hydrogen) atoms. The van der Waals surface area contributed by atoms with Crippen LogP contribution in [0.5, 0.6) is 0 Å². The molecule has 1 atom stereocenters. The van der Waals surface area contributed by atoms with Crippen molar-refractivity contribution in [2.24, 2.45) is 5.92 Å². The fraction of sp³-hybridized carbons (Fsp3) is 0.714. The van der Waals surface area contributed by atoms with E-state index >= 15 is 0 Å². The van der Waals surface area contributed by atoms with Crippen molar-refractivity contribution in [1.29, 1.82) is 0 Å². The number of hydrogen-bond donors (Lipinski definition) is 1. The van der Waals surface area contributed by atoms with Gasteiger partial charge < -0.3 is 10.2 Å². The average Bonchev–Trinajstić information content (AvgIpc) is 2.14. The zero-order valence-corrected chi connectivity index (χ0v) is 8.14. The summed E-state index contributed by atoms with van der Waals surface area (Å²) in [6.45, 7) is 4.40. The molecule has 0 fully saturated rings. The van der Waals surface area contributed by atoms with Gasteiger partial charge in [-0.2, -0.15) is 0 Å². The third kappa shape index (κ3) is 1.29. The van der Waals surface area contributed by atoms with Crippen LogP contribution in [0.4, 0.5) is 0 Å². The van der Waals surface area contributed by atoms with E-state index in [0.717, 1.165) is 4.61 Å². The molecule has 0 saturated heterocycles. The Bertz CT molecular complexity index is 154. The maximum Gasteiger partial charge on any atom is 0.101 e. The lowest BCUT2D eigenvalue weighted by molar-refractivity contribution is 0.255. The molecule has 0 saturated carbocycles. The molecular weight excluding hydrogens is 192 g/mol. The van der Waals surface area contributed by atoms with Gasteiger partial charge in [-0.05, 0) is 21.8 Å². The molecule has 0 aliphatic carbocycles. The van der Waals surface area contributed by atoms with Crippen molar-refractivity contribution >= 4 is 15.9 Å². The summed E-state index contributed by atoms with van der Waals surface area (Å²) in [4.78, 5) is 2.19. The van der Waals surface area contributed by atoms with E-state index in [9.17, 15) is 0 Å². The molecule has 0 aromatic carbocycles. The molecule has 0 bridgehead atoms. The Labute approximate surface area is 70.4 Å². The molecule has 3 heteroatoms. The van der Waals surface area contributed by atoms with Crippen LogP contribution in [0.15, 0.2) is 10.8 Å². The number of nitrogens with zero attached hydrogens (tertiary/aromatic N) is 1. The zero-order chi connectivity index (χ0) is 7.72. The van der Waals surface area contributed by atoms with Gasteiger partial charge in [0.2, 0.25) is 0 Å². The summed E-state index contributed by atoms with van der Waals surface area (Å²) in [5, 5.41) is 3.27. The van der Waals surface area contributed by atoms with Crippen molar-refractivity contribution in [3.8, 4) is 0 Å². The molecule has 1 unspecified atom stereocenters. The summed E-state index contributed by atoms with van der Waals surface area (Å²) in [6.07, 6.45) is 2.44. The SMILES string of the molecule is CC(C)C1NC=C(Br)N1C. The summed E-state index contributed by atoms with van der Waals surface area (Å²) in [7, 11) is 2.07. The first kappa shape index (κ1) is 7.92. The minimum Gasteiger partial charge on any atom is -0.369 e. The van der Waals surface area contributed by atoms with Crippen LogP contribution in [0, 0.1) is 5.92 Å². The van der Waals surface area contributed by atoms with E-state index in [1.54, 1.807) is 0 Å². The van der Waals surface area contributed by atoms with Crippen LogP contribution in [-0.2, 0) is 0 Å². The Morgan fingerprint density at radius 3 is 2.50 bits per heavy atom. The average molecular weight is 205 g/mol. The quantitative estimate of drug-likeness (QED) is 0.655. The summed E-state index contributed by atoms with van der Waals surface area (Å²) in [5.41, 5.74) is 0. The largest absolute Gasteiger partial charge is 0.369 e. The lowest BCUT2D eigenvalue weighted by Gasteiger charge is -2.25. The van der Waals surface area contributed by atoms with Crippen LogP contribution in [-0.4, -0.2) is 18.1 Å². The molecule has 1 rings (SSSR count). The molecule has 58 valence electrons. The highest BCUT2D eigenvalue weighted by Gasteiger charge is 2.22. The van der Waals surface area contributed by atoms with Gasteiger partial charge in [-0.25, -0.2) is 0 Å². The van der Waals surface area contributed by atoms with Crippen LogP contribution in [0.2, 0.25) is 0 Å². The number of halogens is 1. The fourth-order valence-electron chi connectivity index (χ4n) is 1.14. The first-order chi connectivity index (χ1) is 4.63. The van der Waals surface area contributed by atoms with Gasteiger partial charge >= 0.3 is 0 Å². The molecule has 0 aromatic heterocycles. The maximum atomic E-state index is 3.44. The second-order valence-electron chi connectivity index (χ2n) is 2.93. The van der Waals surface area contributed by atoms with Crippen LogP contribution in [0.1, 0.15) is 13.8 Å². The lowest BCUT2D eigenvalue weighted by Crippen LogP contribution is -2.37. The highest BCUT2D eigenvalue weighted by atomic mass is 79.9. The van der Waals surface area contributed by atoms with E-state index < -0.39 is 0 Å². The molecule has 0 amide bonds. The summed E-state index contributed by atoms with van der Waals surface area (Å²) < 4.78 is 1.13. The Morgan fingerprint density at radius 2 is 2.30 bits per heavy atom. The second-order valence-corrected chi connectivity index (χ2v) is 3.75. The highest BCUT2D eigenvalue weighted by Crippen LogP contribution is 2.21. The van der Waals surface area contributed by atoms with Gasteiger partial charge in [0, 0.05) is 13.2 Å². The van der Waals surface area contributed by atoms with Gasteiger partial charge in [0.1, 0.15) is 6.17 Å². The van der Waals surface area contributed by atoms with Gasteiger partial charge in [0.05, 0.1) is 4.61 Å². The first-order valence-electron chi connectivity index (χ1n) is 3.47. The minimum absolute atomic E-state index is 0.453. The van der Waals surface area contributed by atoms with E-state index in [0.29, 0.717) is 12.1 Å². The molecular formula is C7H13BrN2. The first-order valence-corrected chi connectivity index (χ1v) is 4.27. The summed E-state index contributed by atoms with van der Waals surface area (Å²) >= 11 is 3.44. The van der Waals surface area contributed by atoms with Crippen molar-refractivity contribution in [1.82, 2.24) is 10.2 Å². The number of rotatable bonds is 1. The smallest absolute Gasteiger partial charge is 0.101 e. The summed E-state index contributed by atoms with van der Waals surface area (Å²) in [5.74, 6) is 0.635. The lowest BCUT2D eigenvalue weighted by atomic mass is 10.1. The molecule has 1 N–H and O–H groups in total. The van der Waals surface area contributed by atoms with E-state index in [2.05, 4.69) is 47.0 Å². The standard InChI is InChI=1S/C7H13BrN2/c1-5(2)7-9-4-6(8)10(7)3/h4-5,7,9H,1-3H3. The van der Waals surface area contributed by atoms with E-state index in [1.165, 1.54) is 0 Å². The van der Waals surface area contributed by atoms with E-state index in [4.69, 9.17) is 0 Å². The third-order valence-corrected chi connectivity index (χ3v) is 2.55. The molecule has 0 spiro atoms. The number of hydrogen-bond acceptors (Lipinski definition) is 2. The van der Waals surface area contributed by atoms with Gasteiger partial charge in [-0.1, -0.05) is 13.8 Å². The molecule has 0 radical (unpaired) electrons. The second kappa shape index (κ2) is 2.82. The molecule has 1 aliphatic rings. The van der Waals surface area contributed by atoms with Crippen molar-refractivity contribution in [3.63, 3.8) is 0 Å². The highest BCUT2D eigenvalue weighted by molar-refractivity contribution is 9.11. The molecule has 0 aromatic rings. The van der Waals surface area contributed by atoms with Crippen LogP contribution >= 0.6 is 15.9 Å². The number of nitrogens with one attached hydrogen (secondary N) is 1. The predicted octanol–water partition coefficient (Wildman–Crippen LogP) is 1.70. The van der Waals surface area contributed by atoms with Gasteiger partial charge in [-0.15, -0.1) is 0 Å². The normalized spacial score (nSPS) is 25.1. The predicted molar refractivity (Wildman–Crippen MR) is 46.5 cm³/mol. The van der Waals surface area contributed by atoms with Gasteiger partial charge in [0.25, 0.3) is 0 Å². The van der Waals surface area contributed by atoms with Crippen molar-refractivity contribution in [2.45, 2.75) is 20.0 Å². The molecule has 2 nitrogen and oxygen atoms in total. The van der Waals surface area contributed by atoms with Crippen molar-refractivity contribution in [3.05, 3.63) is 10.8 Å². The van der Waals surface area contributed by atoms with Gasteiger partial charge in [0.15, 0.2) is 0 Å². The molecule has 1 aliphatic heterocycles. The Kier molecular flexibility index (Phi) is 2.24. The zero-order valence-electron chi connectivity index (χ0n) is 6.56.